The van der Waals surface area contributed by atoms with Gasteiger partial charge in [0, 0.05) is 56.3 Å². The zero-order valence-corrected chi connectivity index (χ0v) is 55.8. The molecule has 29 heteroatoms. The van der Waals surface area contributed by atoms with Crippen LogP contribution in [0.1, 0.15) is 125 Å². The lowest BCUT2D eigenvalue weighted by molar-refractivity contribution is -0.346. The number of esters is 4. The Kier molecular flexibility index (Phi) is 24.0. The highest BCUT2D eigenvalue weighted by Gasteiger charge is 2.79. The number of hydrogen-bond acceptors (Lipinski definition) is 24. The van der Waals surface area contributed by atoms with Gasteiger partial charge in [0.05, 0.1) is 48.1 Å². The number of rotatable bonds is 27. The lowest BCUT2D eigenvalue weighted by Gasteiger charge is -2.67. The third-order valence-corrected chi connectivity index (χ3v) is 18.9. The van der Waals surface area contributed by atoms with Crippen molar-refractivity contribution in [3.05, 3.63) is 149 Å². The number of carbonyl (C=O) groups is 11. The maximum atomic E-state index is 16.5. The largest absolute Gasteiger partial charge is 0.508 e. The lowest BCUT2D eigenvalue weighted by atomic mass is 9.44. The number of nitrogens with two attached hydrogens (primary N) is 1. The van der Waals surface area contributed by atoms with E-state index in [9.17, 15) is 63.3 Å². The summed E-state index contributed by atoms with van der Waals surface area (Å²) >= 11 is 0. The molecule has 29 nitrogen and oxygen atoms in total. The average Bonchev–Trinajstić information content (AvgIpc) is 0.670. The first-order chi connectivity index (χ1) is 46.7. The number of fused-ring (bicyclic) bond motifs is 5. The van der Waals surface area contributed by atoms with Crippen LogP contribution < -0.4 is 32.3 Å². The normalized spacial score (nSPS) is 25.4. The molecule has 3 fully saturated rings. The number of ketones is 1. The van der Waals surface area contributed by atoms with Crippen LogP contribution in [0.5, 0.6) is 0 Å². The number of nitrogens with one attached hydrogen (secondary N) is 5. The van der Waals surface area contributed by atoms with Gasteiger partial charge in [0.15, 0.2) is 29.9 Å². The van der Waals surface area contributed by atoms with E-state index in [1.165, 1.54) is 102 Å². The number of benzene rings is 4. The Balaban J connectivity index is 1.08. The summed E-state index contributed by atoms with van der Waals surface area (Å²) < 4.78 is 43.0. The summed E-state index contributed by atoms with van der Waals surface area (Å²) in [7, 11) is 0. The molecule has 99 heavy (non-hydrogen) atoms. The summed E-state index contributed by atoms with van der Waals surface area (Å²) in [5.74, 6) is -11.2. The molecular formula is C70H84N6O23. The zero-order valence-electron chi connectivity index (χ0n) is 55.8. The van der Waals surface area contributed by atoms with Crippen molar-refractivity contribution in [2.24, 2.45) is 22.5 Å². The Morgan fingerprint density at radius 2 is 1.31 bits per heavy atom. The Morgan fingerprint density at radius 3 is 1.89 bits per heavy atom. The van der Waals surface area contributed by atoms with Crippen LogP contribution in [-0.2, 0) is 78.1 Å². The maximum Gasteiger partial charge on any atom is 0.508 e. The summed E-state index contributed by atoms with van der Waals surface area (Å²) in [5, 5.41) is 67.3. The molecule has 3 aliphatic carbocycles. The van der Waals surface area contributed by atoms with E-state index in [1.807, 2.05) is 0 Å². The van der Waals surface area contributed by atoms with Crippen molar-refractivity contribution >= 4 is 71.0 Å². The summed E-state index contributed by atoms with van der Waals surface area (Å²) in [4.78, 5) is 153. The Bertz CT molecular complexity index is 3690. The minimum atomic E-state index is -2.61. The molecule has 8 rings (SSSR count). The number of Topliss-reactive ketones (excluding diaryl/α,β-unsaturated/α-hetero) is 1. The number of ether oxygens (including phenoxy) is 7. The van der Waals surface area contributed by atoms with E-state index < -0.39 is 199 Å². The van der Waals surface area contributed by atoms with Gasteiger partial charge in [-0.05, 0) is 92.8 Å². The second-order valence-electron chi connectivity index (χ2n) is 26.0. The second-order valence-corrected chi connectivity index (χ2v) is 26.0. The summed E-state index contributed by atoms with van der Waals surface area (Å²) in [6.45, 7) is 9.54. The maximum absolute atomic E-state index is 16.5. The number of hydrogen-bond donors (Lipinski definition) is 11. The van der Waals surface area contributed by atoms with Crippen LogP contribution in [0.4, 0.5) is 10.5 Å². The molecule has 1 saturated heterocycles. The Morgan fingerprint density at radius 1 is 0.707 bits per heavy atom. The van der Waals surface area contributed by atoms with E-state index in [1.54, 1.807) is 54.6 Å². The number of carbonyl (C=O) groups excluding carboxylic acids is 11. The molecule has 2 saturated carbocycles. The highest BCUT2D eigenvalue weighted by atomic mass is 16.7. The van der Waals surface area contributed by atoms with Gasteiger partial charge in [-0.1, -0.05) is 92.7 Å². The third kappa shape index (κ3) is 16.8. The van der Waals surface area contributed by atoms with Crippen LogP contribution in [-0.4, -0.2) is 182 Å². The standard InChI is InChI=1S/C70H84N6O23/c1-36-48(96-65(90)55(83)54(42-18-12-9-13-19-42)76-62(87)43-20-14-10-15-21-43)32-70(92)59(98-64(89)44-22-16-11-17-23-44)57-68(8,58(84)56(95-39(4)77)53(36)67(70,6)7)49(31-50-69(57,35-94-50)99-40(5)78)97-66(91)93-34-41-24-26-45(27-25-41)74-63(88)47(30-51(71)80)75-61(86)38(3)73-60(85)37(2)72-33-46(79)28-29-52(81)82/h9-27,37-38,46-50,52,54-57,59,72,79,81-83,92H,28-35H2,1-8H3,(H2,71,80)(H,73,85)(H,74,88)(H,75,86)(H,76,87)/t37-,38-,46+,47-,48+,49+,50-,54+,55-,56-,57?,59+,68-,69+,70-/m1/s1. The number of aliphatic hydroxyl groups excluding tert-OH is 3. The van der Waals surface area contributed by atoms with Gasteiger partial charge in [0.25, 0.3) is 5.91 Å². The van der Waals surface area contributed by atoms with E-state index in [0.29, 0.717) is 11.1 Å². The second kappa shape index (κ2) is 31.6. The van der Waals surface area contributed by atoms with Gasteiger partial charge in [0.2, 0.25) is 23.6 Å². The van der Waals surface area contributed by atoms with Gasteiger partial charge in [-0.3, -0.25) is 38.4 Å². The molecule has 4 aliphatic rings. The number of aliphatic hydroxyl groups is 5. The predicted molar refractivity (Wildman–Crippen MR) is 346 cm³/mol. The molecule has 0 spiro atoms. The summed E-state index contributed by atoms with van der Waals surface area (Å²) in [5.41, 5.74) is -2.63. The lowest BCUT2D eigenvalue weighted by Crippen LogP contribution is -2.82. The fraction of sp³-hybridized carbons (Fsp3) is 0.471. The molecule has 4 aromatic carbocycles. The number of amides is 5. The van der Waals surface area contributed by atoms with Crippen LogP contribution in [0.25, 0.3) is 0 Å². The number of anilines is 1. The molecule has 4 aromatic rings. The van der Waals surface area contributed by atoms with E-state index in [-0.39, 0.29) is 47.3 Å². The first-order valence-electron chi connectivity index (χ1n) is 32.1. The predicted octanol–water partition coefficient (Wildman–Crippen LogP) is 2.33. The monoisotopic (exact) mass is 1380 g/mol. The van der Waals surface area contributed by atoms with Gasteiger partial charge >= 0.3 is 30.0 Å². The van der Waals surface area contributed by atoms with Gasteiger partial charge in [-0.25, -0.2) is 14.4 Å². The van der Waals surface area contributed by atoms with Gasteiger partial charge in [-0.2, -0.15) is 0 Å². The van der Waals surface area contributed by atoms with Crippen LogP contribution in [0, 0.1) is 16.7 Å². The highest BCUT2D eigenvalue weighted by Crippen LogP contribution is 2.65. The van der Waals surface area contributed by atoms with E-state index in [4.69, 9.17) is 49.1 Å². The molecule has 1 heterocycles. The first kappa shape index (κ1) is 75.3. The fourth-order valence-electron chi connectivity index (χ4n) is 13.5. The van der Waals surface area contributed by atoms with Crippen molar-refractivity contribution < 1.29 is 111 Å². The smallest absolute Gasteiger partial charge is 0.456 e. The minimum Gasteiger partial charge on any atom is -0.456 e. The molecule has 532 valence electrons. The van der Waals surface area contributed by atoms with Crippen molar-refractivity contribution in [3.8, 4) is 0 Å². The van der Waals surface area contributed by atoms with Crippen LogP contribution >= 0.6 is 0 Å². The fourth-order valence-corrected chi connectivity index (χ4v) is 13.5. The molecule has 1 aliphatic heterocycles. The van der Waals surface area contributed by atoms with Gasteiger partial charge in [0.1, 0.15) is 48.7 Å². The van der Waals surface area contributed by atoms with Crippen molar-refractivity contribution in [1.82, 2.24) is 21.3 Å². The molecule has 0 aromatic heterocycles. The van der Waals surface area contributed by atoms with Crippen molar-refractivity contribution in [3.63, 3.8) is 0 Å². The van der Waals surface area contributed by atoms with Crippen LogP contribution in [0.2, 0.25) is 0 Å². The summed E-state index contributed by atoms with van der Waals surface area (Å²) in [6, 6.07) is 24.1. The van der Waals surface area contributed by atoms with Crippen LogP contribution in [0.15, 0.2) is 126 Å². The SMILES string of the molecule is CC(=O)O[C@H]1C(=O)[C@@]2(C)C([C@H](OC(=O)c3ccccc3)[C@]3(O)C[C@H](OC(=O)[C@H](O)[C@@H](NC(=O)c4ccccc4)c4ccccc4)C(C)=C1C3(C)C)[C@]1(OC(C)=O)CO[C@@H]1C[C@@H]2OC(=O)OCc1ccc(NC(=O)[C@@H](CC(N)=O)NC(=O)[C@@H](C)NC(=O)[C@@H](C)NC[C@@H](O)CCC(O)O)cc1. The van der Waals surface area contributed by atoms with Crippen LogP contribution in [0.3, 0.4) is 0 Å². The van der Waals surface area contributed by atoms with Crippen molar-refractivity contribution in [2.75, 3.05) is 18.5 Å². The van der Waals surface area contributed by atoms with Gasteiger partial charge < -0.3 is 91.0 Å². The molecule has 0 radical (unpaired) electrons. The number of primary amides is 1. The first-order valence-corrected chi connectivity index (χ1v) is 32.1. The van der Waals surface area contributed by atoms with Crippen molar-refractivity contribution in [2.45, 2.75) is 178 Å². The van der Waals surface area contributed by atoms with Crippen molar-refractivity contribution in [1.29, 1.82) is 0 Å². The average molecular weight is 1380 g/mol. The molecule has 12 N–H and O–H groups in total. The topological polar surface area (TPSA) is 440 Å². The Labute approximate surface area is 569 Å². The summed E-state index contributed by atoms with van der Waals surface area (Å²) in [6.07, 6.45) is -16.8. The molecule has 2 bridgehead atoms. The quantitative estimate of drug-likeness (QED) is 0.0177. The van der Waals surface area contributed by atoms with E-state index in [2.05, 4.69) is 26.6 Å². The van der Waals surface area contributed by atoms with Gasteiger partial charge in [-0.15, -0.1) is 0 Å². The molecule has 5 amide bonds. The Hall–Kier alpha value is -9.49. The minimum absolute atomic E-state index is 0.0318. The van der Waals surface area contributed by atoms with E-state index >= 15 is 4.79 Å². The van der Waals surface area contributed by atoms with E-state index in [0.717, 1.165) is 13.8 Å². The molecule has 15 atom stereocenters. The molecular weight excluding hydrogens is 1290 g/mol. The zero-order chi connectivity index (χ0) is 72.5. The molecule has 1 unspecified atom stereocenters. The third-order valence-electron chi connectivity index (χ3n) is 18.9. The highest BCUT2D eigenvalue weighted by molar-refractivity contribution is 6.01.